The molecule has 1 aromatic heterocycles. The first kappa shape index (κ1) is 20.8. The van der Waals surface area contributed by atoms with Crippen LogP contribution < -0.4 is 15.4 Å². The third kappa shape index (κ3) is 4.51. The summed E-state index contributed by atoms with van der Waals surface area (Å²) in [6.45, 7) is 0.701. The van der Waals surface area contributed by atoms with Gasteiger partial charge in [0.1, 0.15) is 18.3 Å². The lowest BCUT2D eigenvalue weighted by Crippen LogP contribution is -2.70. The maximum absolute atomic E-state index is 13.3. The van der Waals surface area contributed by atoms with Crippen LogP contribution in [0.2, 0.25) is 0 Å². The summed E-state index contributed by atoms with van der Waals surface area (Å²) in [5, 5.41) is 6.04. The second-order valence-electron chi connectivity index (χ2n) is 7.61. The van der Waals surface area contributed by atoms with E-state index in [0.717, 1.165) is 12.0 Å². The highest BCUT2D eigenvalue weighted by Crippen LogP contribution is 2.26. The van der Waals surface area contributed by atoms with E-state index >= 15 is 0 Å². The number of nitrogens with one attached hydrogen (secondary N) is 2. The van der Waals surface area contributed by atoms with Crippen molar-refractivity contribution in [3.63, 3.8) is 0 Å². The van der Waals surface area contributed by atoms with Gasteiger partial charge in [0, 0.05) is 24.1 Å². The number of methoxy groups -OCH3 is 1. The van der Waals surface area contributed by atoms with Gasteiger partial charge in [0.2, 0.25) is 11.8 Å². The van der Waals surface area contributed by atoms with Crippen LogP contribution in [0.15, 0.2) is 48.8 Å². The predicted octanol–water partition coefficient (Wildman–Crippen LogP) is 1.61. The van der Waals surface area contributed by atoms with Crippen molar-refractivity contribution in [1.29, 1.82) is 0 Å². The van der Waals surface area contributed by atoms with E-state index in [-0.39, 0.29) is 30.9 Å². The van der Waals surface area contributed by atoms with Gasteiger partial charge in [-0.15, -0.1) is 0 Å². The van der Waals surface area contributed by atoms with Gasteiger partial charge in [-0.3, -0.25) is 19.5 Å². The molecule has 9 heteroatoms. The van der Waals surface area contributed by atoms with Gasteiger partial charge in [0.05, 0.1) is 19.7 Å². The molecule has 4 amide bonds. The molecule has 1 aromatic carbocycles. The lowest BCUT2D eigenvalue weighted by atomic mass is 9.93. The first-order valence-electron chi connectivity index (χ1n) is 10.2. The van der Waals surface area contributed by atoms with E-state index < -0.39 is 12.1 Å². The smallest absolute Gasteiger partial charge is 0.327 e. The van der Waals surface area contributed by atoms with E-state index in [1.807, 2.05) is 0 Å². The first-order valence-corrected chi connectivity index (χ1v) is 10.2. The minimum atomic E-state index is -0.516. The number of pyridine rings is 1. The average molecular weight is 423 g/mol. The Morgan fingerprint density at radius 3 is 2.84 bits per heavy atom. The number of benzene rings is 1. The van der Waals surface area contributed by atoms with Crippen LogP contribution in [0.4, 0.5) is 10.5 Å². The molecule has 162 valence electrons. The van der Waals surface area contributed by atoms with Gasteiger partial charge in [-0.2, -0.15) is 0 Å². The Hall–Kier alpha value is -3.46. The van der Waals surface area contributed by atoms with Crippen LogP contribution in [0.1, 0.15) is 18.4 Å². The van der Waals surface area contributed by atoms with Gasteiger partial charge in [-0.1, -0.05) is 6.07 Å². The molecule has 2 unspecified atom stereocenters. The largest absolute Gasteiger partial charge is 0.497 e. The van der Waals surface area contributed by atoms with E-state index in [1.54, 1.807) is 55.9 Å². The van der Waals surface area contributed by atoms with E-state index in [0.29, 0.717) is 24.4 Å². The summed E-state index contributed by atoms with van der Waals surface area (Å²) in [5.74, 6) is 0.0395. The summed E-state index contributed by atoms with van der Waals surface area (Å²) >= 11 is 0. The number of nitrogens with zero attached hydrogens (tertiary/aromatic N) is 3. The summed E-state index contributed by atoms with van der Waals surface area (Å²) in [6, 6.07) is 9.23. The highest BCUT2D eigenvalue weighted by Gasteiger charge is 2.47. The van der Waals surface area contributed by atoms with Crippen LogP contribution in [0, 0.1) is 0 Å². The van der Waals surface area contributed by atoms with Crippen molar-refractivity contribution in [3.05, 3.63) is 54.4 Å². The quantitative estimate of drug-likeness (QED) is 0.732. The lowest BCUT2D eigenvalue weighted by Gasteiger charge is -2.46. The fourth-order valence-electron chi connectivity index (χ4n) is 4.08. The number of hydrogen-bond acceptors (Lipinski definition) is 6. The molecule has 31 heavy (non-hydrogen) atoms. The predicted molar refractivity (Wildman–Crippen MR) is 113 cm³/mol. The number of aromatic nitrogens is 1. The summed E-state index contributed by atoms with van der Waals surface area (Å²) < 4.78 is 5.18. The van der Waals surface area contributed by atoms with Crippen LogP contribution in [0.25, 0.3) is 0 Å². The topological polar surface area (TPSA) is 104 Å². The third-order valence-corrected chi connectivity index (χ3v) is 5.59. The zero-order valence-corrected chi connectivity index (χ0v) is 17.3. The highest BCUT2D eigenvalue weighted by atomic mass is 16.5. The molecule has 2 aliphatic heterocycles. The molecule has 2 atom stereocenters. The number of carbonyl (C=O) groups is 3. The molecule has 0 spiro atoms. The number of imide groups is 1. The minimum absolute atomic E-state index is 0.138. The number of carbonyl (C=O) groups excluding carboxylic acids is 3. The van der Waals surface area contributed by atoms with Gasteiger partial charge < -0.3 is 20.3 Å². The Bertz CT molecular complexity index is 967. The standard InChI is InChI=1S/C22H25N5O4/c1-31-17-5-2-4-16(12-17)25-19(28)14-26-18-6-3-9-24-20(18)21(29)27(22(26)30)13-15-7-10-23-11-8-15/h2,4-5,7-8,10-12,18,20,24H,3,6,9,13-14H2,1H3,(H,25,28). The SMILES string of the molecule is COc1cccc(NC(=O)CN2C(=O)N(Cc3ccncc3)C(=O)C3NCCCC32)c1. The van der Waals surface area contributed by atoms with Crippen LogP contribution in [0.5, 0.6) is 5.75 Å². The molecule has 0 aliphatic carbocycles. The van der Waals surface area contributed by atoms with Gasteiger partial charge in [0.25, 0.3) is 0 Å². The Morgan fingerprint density at radius 1 is 1.26 bits per heavy atom. The second kappa shape index (κ2) is 9.13. The number of anilines is 1. The van der Waals surface area contributed by atoms with Crippen molar-refractivity contribution in [3.8, 4) is 5.75 Å². The molecule has 3 heterocycles. The fraction of sp³-hybridized carbons (Fsp3) is 0.364. The van der Waals surface area contributed by atoms with Crippen LogP contribution in [-0.2, 0) is 16.1 Å². The number of fused-ring (bicyclic) bond motifs is 1. The second-order valence-corrected chi connectivity index (χ2v) is 7.61. The number of ether oxygens (including phenoxy) is 1. The normalized spacial score (nSPS) is 20.9. The van der Waals surface area contributed by atoms with Crippen molar-refractivity contribution in [2.24, 2.45) is 0 Å². The lowest BCUT2D eigenvalue weighted by molar-refractivity contribution is -0.138. The van der Waals surface area contributed by atoms with Gasteiger partial charge in [-0.05, 0) is 49.2 Å². The maximum atomic E-state index is 13.3. The molecule has 4 rings (SSSR count). The van der Waals surface area contributed by atoms with Crippen molar-refractivity contribution in [2.45, 2.75) is 31.5 Å². The van der Waals surface area contributed by atoms with Crippen LogP contribution >= 0.6 is 0 Å². The molecule has 2 aromatic rings. The Labute approximate surface area is 180 Å². The zero-order chi connectivity index (χ0) is 21.8. The Kier molecular flexibility index (Phi) is 6.13. The average Bonchev–Trinajstić information content (AvgIpc) is 2.80. The fourth-order valence-corrected chi connectivity index (χ4v) is 4.08. The molecule has 2 aliphatic rings. The molecule has 0 saturated carbocycles. The summed E-state index contributed by atoms with van der Waals surface area (Å²) in [7, 11) is 1.55. The Balaban J connectivity index is 1.53. The monoisotopic (exact) mass is 423 g/mol. The van der Waals surface area contributed by atoms with Gasteiger partial charge >= 0.3 is 6.03 Å². The van der Waals surface area contributed by atoms with Crippen LogP contribution in [0.3, 0.4) is 0 Å². The highest BCUT2D eigenvalue weighted by molar-refractivity contribution is 6.02. The number of urea groups is 1. The molecule has 2 N–H and O–H groups in total. The Morgan fingerprint density at radius 2 is 2.06 bits per heavy atom. The molecule has 2 fully saturated rings. The van der Waals surface area contributed by atoms with Crippen molar-refractivity contribution >= 4 is 23.5 Å². The molecule has 0 radical (unpaired) electrons. The van der Waals surface area contributed by atoms with Crippen LogP contribution in [-0.4, -0.2) is 64.9 Å². The number of rotatable bonds is 6. The maximum Gasteiger partial charge on any atom is 0.327 e. The molecule has 2 saturated heterocycles. The van der Waals surface area contributed by atoms with Gasteiger partial charge in [0.15, 0.2) is 0 Å². The van der Waals surface area contributed by atoms with Crippen molar-refractivity contribution in [2.75, 3.05) is 25.5 Å². The molecular weight excluding hydrogens is 398 g/mol. The summed E-state index contributed by atoms with van der Waals surface area (Å²) in [6.07, 6.45) is 4.75. The first-order chi connectivity index (χ1) is 15.1. The van der Waals surface area contributed by atoms with E-state index in [1.165, 1.54) is 9.80 Å². The molecular formula is C22H25N5O4. The number of amides is 4. The molecule has 9 nitrogen and oxygen atoms in total. The third-order valence-electron chi connectivity index (χ3n) is 5.59. The van der Waals surface area contributed by atoms with E-state index in [2.05, 4.69) is 15.6 Å². The summed E-state index contributed by atoms with van der Waals surface area (Å²) in [4.78, 5) is 45.8. The van der Waals surface area contributed by atoms with E-state index in [4.69, 9.17) is 4.74 Å². The number of hydrogen-bond donors (Lipinski definition) is 2. The van der Waals surface area contributed by atoms with E-state index in [9.17, 15) is 14.4 Å². The van der Waals surface area contributed by atoms with Crippen molar-refractivity contribution in [1.82, 2.24) is 20.1 Å². The molecule has 0 bridgehead atoms. The number of piperidine rings is 1. The zero-order valence-electron chi connectivity index (χ0n) is 17.3. The summed E-state index contributed by atoms with van der Waals surface area (Å²) in [5.41, 5.74) is 1.38. The van der Waals surface area contributed by atoms with Crippen molar-refractivity contribution < 1.29 is 19.1 Å². The minimum Gasteiger partial charge on any atom is -0.497 e. The van der Waals surface area contributed by atoms with Gasteiger partial charge in [-0.25, -0.2) is 4.79 Å².